The van der Waals surface area contributed by atoms with Gasteiger partial charge >= 0.3 is 5.97 Å². The zero-order valence-corrected chi connectivity index (χ0v) is 9.55. The normalized spacial score (nSPS) is 19.3. The van der Waals surface area contributed by atoms with E-state index in [1.165, 1.54) is 35.0 Å². The highest BCUT2D eigenvalue weighted by Gasteiger charge is 2.36. The molecular weight excluding hydrogens is 244 g/mol. The number of aliphatic carboxylic acids is 1. The van der Waals surface area contributed by atoms with Crippen LogP contribution in [0.1, 0.15) is 10.5 Å². The van der Waals surface area contributed by atoms with Crippen LogP contribution in [-0.2, 0) is 4.79 Å². The third-order valence-electron chi connectivity index (χ3n) is 2.42. The van der Waals surface area contributed by atoms with E-state index in [0.717, 1.165) is 0 Å². The van der Waals surface area contributed by atoms with Crippen molar-refractivity contribution in [2.75, 3.05) is 11.6 Å². The summed E-state index contributed by atoms with van der Waals surface area (Å²) in [6.07, 6.45) is 1.38. The highest BCUT2D eigenvalue weighted by atomic mass is 32.2. The number of hydrogen-bond donors (Lipinski definition) is 2. The number of nitrogens with zero attached hydrogens (tertiary/aromatic N) is 2. The number of hydrogen-bond acceptors (Lipinski definition) is 5. The largest absolute Gasteiger partial charge is 0.505 e. The molecule has 0 bridgehead atoms. The van der Waals surface area contributed by atoms with E-state index in [2.05, 4.69) is 4.98 Å². The van der Waals surface area contributed by atoms with Gasteiger partial charge in [0.2, 0.25) is 0 Å². The van der Waals surface area contributed by atoms with Gasteiger partial charge in [0.1, 0.15) is 11.8 Å². The lowest BCUT2D eigenvalue weighted by atomic mass is 10.2. The van der Waals surface area contributed by atoms with Gasteiger partial charge in [-0.3, -0.25) is 4.79 Å². The summed E-state index contributed by atoms with van der Waals surface area (Å²) < 4.78 is 0. The number of thioether (sulfide) groups is 1. The van der Waals surface area contributed by atoms with Gasteiger partial charge in [0.25, 0.3) is 5.91 Å². The zero-order valence-electron chi connectivity index (χ0n) is 8.74. The topological polar surface area (TPSA) is 90.7 Å². The van der Waals surface area contributed by atoms with Crippen LogP contribution in [0, 0.1) is 0 Å². The molecule has 2 N–H and O–H groups in total. The van der Waals surface area contributed by atoms with Crippen LogP contribution in [0.15, 0.2) is 18.3 Å². The Balaban J connectivity index is 2.26. The second-order valence-corrected chi connectivity index (χ2v) is 4.50. The Labute approximate surface area is 101 Å². The number of carboxylic acids is 1. The van der Waals surface area contributed by atoms with E-state index in [-0.39, 0.29) is 11.4 Å². The molecule has 17 heavy (non-hydrogen) atoms. The zero-order chi connectivity index (χ0) is 12.4. The molecule has 7 heteroatoms. The molecule has 0 saturated carbocycles. The van der Waals surface area contributed by atoms with Gasteiger partial charge in [-0.05, 0) is 12.1 Å². The van der Waals surface area contributed by atoms with Crippen molar-refractivity contribution < 1.29 is 19.8 Å². The highest BCUT2D eigenvalue weighted by Crippen LogP contribution is 2.25. The third kappa shape index (κ3) is 2.19. The number of aromatic nitrogens is 1. The van der Waals surface area contributed by atoms with Gasteiger partial charge in [-0.2, -0.15) is 0 Å². The summed E-state index contributed by atoms with van der Waals surface area (Å²) >= 11 is 1.36. The summed E-state index contributed by atoms with van der Waals surface area (Å²) in [4.78, 5) is 27.9. The first-order valence-corrected chi connectivity index (χ1v) is 6.02. The van der Waals surface area contributed by atoms with Crippen molar-refractivity contribution in [3.8, 4) is 5.75 Å². The highest BCUT2D eigenvalue weighted by molar-refractivity contribution is 7.99. The van der Waals surface area contributed by atoms with Crippen LogP contribution in [-0.4, -0.2) is 49.6 Å². The Morgan fingerprint density at radius 1 is 1.53 bits per heavy atom. The molecule has 1 aromatic rings. The van der Waals surface area contributed by atoms with Crippen molar-refractivity contribution in [3.05, 3.63) is 24.0 Å². The number of carbonyl (C=O) groups is 2. The molecule has 2 rings (SSSR count). The van der Waals surface area contributed by atoms with Crippen molar-refractivity contribution in [2.45, 2.75) is 6.04 Å². The summed E-state index contributed by atoms with van der Waals surface area (Å²) in [6.45, 7) is 0. The molecule has 1 atom stereocenters. The van der Waals surface area contributed by atoms with Gasteiger partial charge in [-0.1, -0.05) is 0 Å². The molecule has 0 aromatic carbocycles. The average molecular weight is 254 g/mol. The maximum atomic E-state index is 12.0. The molecule has 1 aliphatic rings. The monoisotopic (exact) mass is 254 g/mol. The second kappa shape index (κ2) is 4.62. The smallest absolute Gasteiger partial charge is 0.327 e. The minimum atomic E-state index is -1.04. The van der Waals surface area contributed by atoms with E-state index in [9.17, 15) is 14.7 Å². The van der Waals surface area contributed by atoms with Crippen molar-refractivity contribution in [2.24, 2.45) is 0 Å². The fourth-order valence-corrected chi connectivity index (χ4v) is 2.69. The Morgan fingerprint density at radius 3 is 2.94 bits per heavy atom. The van der Waals surface area contributed by atoms with Gasteiger partial charge < -0.3 is 15.1 Å². The summed E-state index contributed by atoms with van der Waals surface area (Å²) in [5, 5.41) is 18.5. The summed E-state index contributed by atoms with van der Waals surface area (Å²) in [5.74, 6) is -1.18. The van der Waals surface area contributed by atoms with Crippen LogP contribution in [0.5, 0.6) is 5.75 Å². The van der Waals surface area contributed by atoms with Crippen molar-refractivity contribution in [3.63, 3.8) is 0 Å². The van der Waals surface area contributed by atoms with Gasteiger partial charge in [0.05, 0.1) is 5.88 Å². The molecule has 0 spiro atoms. The average Bonchev–Trinajstić information content (AvgIpc) is 2.77. The first-order chi connectivity index (χ1) is 8.11. The molecular formula is C10H10N2O4S. The predicted octanol–water partition coefficient (Wildman–Crippen LogP) is 0.387. The molecule has 0 aliphatic carbocycles. The third-order valence-corrected chi connectivity index (χ3v) is 3.43. The van der Waals surface area contributed by atoms with Crippen LogP contribution in [0.2, 0.25) is 0 Å². The maximum Gasteiger partial charge on any atom is 0.327 e. The Kier molecular flexibility index (Phi) is 3.19. The van der Waals surface area contributed by atoms with Gasteiger partial charge in [-0.15, -0.1) is 11.8 Å². The van der Waals surface area contributed by atoms with Crippen molar-refractivity contribution in [1.82, 2.24) is 9.88 Å². The van der Waals surface area contributed by atoms with E-state index in [1.54, 1.807) is 0 Å². The van der Waals surface area contributed by atoms with E-state index >= 15 is 0 Å². The van der Waals surface area contributed by atoms with E-state index in [1.807, 2.05) is 0 Å². The molecule has 6 nitrogen and oxygen atoms in total. The number of carbonyl (C=O) groups excluding carboxylic acids is 1. The fourth-order valence-electron chi connectivity index (χ4n) is 1.55. The van der Waals surface area contributed by atoms with Crippen molar-refractivity contribution >= 4 is 23.6 Å². The van der Waals surface area contributed by atoms with Gasteiger partial charge in [0, 0.05) is 11.9 Å². The first-order valence-electron chi connectivity index (χ1n) is 4.86. The minimum Gasteiger partial charge on any atom is -0.505 e. The number of carboxylic acid groups (broad SMARTS) is 1. The van der Waals surface area contributed by atoms with E-state index in [4.69, 9.17) is 5.11 Å². The summed E-state index contributed by atoms with van der Waals surface area (Å²) in [5.41, 5.74) is -0.110. The quantitative estimate of drug-likeness (QED) is 0.793. The predicted molar refractivity (Wildman–Crippen MR) is 60.8 cm³/mol. The second-order valence-electron chi connectivity index (χ2n) is 3.50. The number of pyridine rings is 1. The van der Waals surface area contributed by atoms with Gasteiger partial charge in [0.15, 0.2) is 5.69 Å². The molecule has 0 unspecified atom stereocenters. The standard InChI is InChI=1S/C10H10N2O4S/c13-7-2-1-3-11-8(7)9(14)12-5-17-4-6(12)10(15)16/h1-3,6,13H,4-5H2,(H,15,16)/t6-/m0/s1. The summed E-state index contributed by atoms with van der Waals surface area (Å²) in [7, 11) is 0. The summed E-state index contributed by atoms with van der Waals surface area (Å²) in [6, 6.07) is 1.99. The van der Waals surface area contributed by atoms with E-state index < -0.39 is 17.9 Å². The SMILES string of the molecule is O=C(O)[C@@H]1CSCN1C(=O)c1ncccc1O. The lowest BCUT2D eigenvalue weighted by Gasteiger charge is -2.20. The molecule has 2 heterocycles. The molecule has 90 valence electrons. The van der Waals surface area contributed by atoms with Crippen LogP contribution >= 0.6 is 11.8 Å². The van der Waals surface area contributed by atoms with Crippen LogP contribution in [0.3, 0.4) is 0 Å². The first kappa shape index (κ1) is 11.7. The van der Waals surface area contributed by atoms with Crippen molar-refractivity contribution in [1.29, 1.82) is 0 Å². The molecule has 1 fully saturated rings. The van der Waals surface area contributed by atoms with Gasteiger partial charge in [-0.25, -0.2) is 9.78 Å². The Hall–Kier alpha value is -1.76. The molecule has 1 aromatic heterocycles. The Bertz CT molecular complexity index is 465. The lowest BCUT2D eigenvalue weighted by molar-refractivity contribution is -0.140. The van der Waals surface area contributed by atoms with Crippen LogP contribution in [0.4, 0.5) is 0 Å². The minimum absolute atomic E-state index is 0.110. The molecule has 0 radical (unpaired) electrons. The molecule has 1 aliphatic heterocycles. The number of aromatic hydroxyl groups is 1. The number of amides is 1. The fraction of sp³-hybridized carbons (Fsp3) is 0.300. The number of rotatable bonds is 2. The maximum absolute atomic E-state index is 12.0. The Morgan fingerprint density at radius 2 is 2.29 bits per heavy atom. The molecule has 1 saturated heterocycles. The van der Waals surface area contributed by atoms with E-state index in [0.29, 0.717) is 11.6 Å². The van der Waals surface area contributed by atoms with Crippen LogP contribution < -0.4 is 0 Å². The molecule has 1 amide bonds. The lowest BCUT2D eigenvalue weighted by Crippen LogP contribution is -2.42. The van der Waals surface area contributed by atoms with Crippen LogP contribution in [0.25, 0.3) is 0 Å².